The number of hydrogen-bond donors (Lipinski definition) is 1. The standard InChI is InChI=1S/C14H16N2/c1-9-6-7-13(12-5-3-4-11(9)12)14-8-15-10(2)16-14/h6-8H,3-5H2,1-2H3,(H,15,16). The molecule has 1 N–H and O–H groups in total. The van der Waals surface area contributed by atoms with E-state index >= 15 is 0 Å². The molecule has 0 saturated carbocycles. The van der Waals surface area contributed by atoms with Gasteiger partial charge in [0.1, 0.15) is 5.82 Å². The van der Waals surface area contributed by atoms with E-state index in [0.717, 1.165) is 11.5 Å². The van der Waals surface area contributed by atoms with Gasteiger partial charge in [-0.05, 0) is 49.8 Å². The van der Waals surface area contributed by atoms with E-state index in [1.807, 2.05) is 13.1 Å². The first-order chi connectivity index (χ1) is 7.75. The van der Waals surface area contributed by atoms with Gasteiger partial charge in [-0.2, -0.15) is 0 Å². The fraction of sp³-hybridized carbons (Fsp3) is 0.357. The minimum Gasteiger partial charge on any atom is -0.342 e. The Morgan fingerprint density at radius 1 is 1.12 bits per heavy atom. The van der Waals surface area contributed by atoms with Crippen LogP contribution in [0.3, 0.4) is 0 Å². The van der Waals surface area contributed by atoms with Crippen LogP contribution in [0.5, 0.6) is 0 Å². The Morgan fingerprint density at radius 3 is 2.69 bits per heavy atom. The number of nitrogens with zero attached hydrogens (tertiary/aromatic N) is 1. The van der Waals surface area contributed by atoms with Gasteiger partial charge in [-0.25, -0.2) is 4.98 Å². The molecular weight excluding hydrogens is 196 g/mol. The van der Waals surface area contributed by atoms with E-state index in [0.29, 0.717) is 0 Å². The average molecular weight is 212 g/mol. The molecule has 0 bridgehead atoms. The number of aryl methyl sites for hydroxylation is 2. The fourth-order valence-electron chi connectivity index (χ4n) is 2.70. The number of rotatable bonds is 1. The molecule has 1 heterocycles. The van der Waals surface area contributed by atoms with Gasteiger partial charge in [0, 0.05) is 5.56 Å². The van der Waals surface area contributed by atoms with Crippen LogP contribution in [0.15, 0.2) is 18.3 Å². The zero-order chi connectivity index (χ0) is 11.1. The van der Waals surface area contributed by atoms with Crippen LogP contribution in [-0.4, -0.2) is 9.97 Å². The second-order valence-electron chi connectivity index (χ2n) is 4.62. The zero-order valence-corrected chi connectivity index (χ0v) is 9.80. The van der Waals surface area contributed by atoms with Gasteiger partial charge in [0.25, 0.3) is 0 Å². The van der Waals surface area contributed by atoms with Crippen LogP contribution < -0.4 is 0 Å². The van der Waals surface area contributed by atoms with Crippen LogP contribution in [-0.2, 0) is 12.8 Å². The number of H-pyrrole nitrogens is 1. The first-order valence-electron chi connectivity index (χ1n) is 5.89. The van der Waals surface area contributed by atoms with Gasteiger partial charge in [0.15, 0.2) is 0 Å². The lowest BCUT2D eigenvalue weighted by Crippen LogP contribution is -1.92. The van der Waals surface area contributed by atoms with E-state index < -0.39 is 0 Å². The third-order valence-electron chi connectivity index (χ3n) is 3.51. The summed E-state index contributed by atoms with van der Waals surface area (Å²) in [6, 6.07) is 4.46. The van der Waals surface area contributed by atoms with Crippen molar-refractivity contribution in [3.8, 4) is 11.3 Å². The normalized spacial score (nSPS) is 14.1. The predicted molar refractivity (Wildman–Crippen MR) is 65.5 cm³/mol. The van der Waals surface area contributed by atoms with Crippen molar-refractivity contribution in [1.82, 2.24) is 9.97 Å². The quantitative estimate of drug-likeness (QED) is 0.772. The van der Waals surface area contributed by atoms with Crippen molar-refractivity contribution in [2.45, 2.75) is 33.1 Å². The molecule has 0 fully saturated rings. The van der Waals surface area contributed by atoms with Crippen LogP contribution in [0, 0.1) is 13.8 Å². The molecule has 1 aliphatic carbocycles. The number of aromatic nitrogens is 2. The van der Waals surface area contributed by atoms with Gasteiger partial charge in [0.2, 0.25) is 0 Å². The van der Waals surface area contributed by atoms with Gasteiger partial charge in [0.05, 0.1) is 11.9 Å². The summed E-state index contributed by atoms with van der Waals surface area (Å²) in [7, 11) is 0. The van der Waals surface area contributed by atoms with E-state index in [9.17, 15) is 0 Å². The molecule has 1 aromatic heterocycles. The number of hydrogen-bond acceptors (Lipinski definition) is 1. The summed E-state index contributed by atoms with van der Waals surface area (Å²) in [4.78, 5) is 7.62. The minimum absolute atomic E-state index is 0.988. The molecule has 1 aromatic carbocycles. The summed E-state index contributed by atoms with van der Waals surface area (Å²) >= 11 is 0. The van der Waals surface area contributed by atoms with Gasteiger partial charge < -0.3 is 4.98 Å². The Balaban J connectivity index is 2.19. The molecule has 1 aliphatic rings. The summed E-state index contributed by atoms with van der Waals surface area (Å²) in [5.74, 6) is 0.988. The van der Waals surface area contributed by atoms with Gasteiger partial charge in [-0.1, -0.05) is 12.1 Å². The van der Waals surface area contributed by atoms with Crippen molar-refractivity contribution in [3.05, 3.63) is 40.8 Å². The highest BCUT2D eigenvalue weighted by Gasteiger charge is 2.18. The summed E-state index contributed by atoms with van der Waals surface area (Å²) in [6.07, 6.45) is 5.69. The summed E-state index contributed by atoms with van der Waals surface area (Å²) in [5.41, 5.74) is 7.04. The zero-order valence-electron chi connectivity index (χ0n) is 9.80. The van der Waals surface area contributed by atoms with Gasteiger partial charge >= 0.3 is 0 Å². The maximum absolute atomic E-state index is 4.29. The Morgan fingerprint density at radius 2 is 1.94 bits per heavy atom. The van der Waals surface area contributed by atoms with Crippen LogP contribution in [0.4, 0.5) is 0 Å². The molecule has 3 rings (SSSR count). The van der Waals surface area contributed by atoms with Gasteiger partial charge in [-0.3, -0.25) is 0 Å². The third kappa shape index (κ3) is 1.37. The van der Waals surface area contributed by atoms with Crippen LogP contribution in [0.2, 0.25) is 0 Å². The molecule has 2 aromatic rings. The lowest BCUT2D eigenvalue weighted by molar-refractivity contribution is 0.909. The van der Waals surface area contributed by atoms with E-state index in [-0.39, 0.29) is 0 Å². The molecule has 0 saturated heterocycles. The van der Waals surface area contributed by atoms with Crippen LogP contribution >= 0.6 is 0 Å². The predicted octanol–water partition coefficient (Wildman–Crippen LogP) is 3.18. The minimum atomic E-state index is 0.988. The number of aromatic amines is 1. The second kappa shape index (κ2) is 3.48. The molecular formula is C14H16N2. The molecule has 0 aliphatic heterocycles. The number of benzene rings is 1. The van der Waals surface area contributed by atoms with E-state index in [2.05, 4.69) is 29.0 Å². The topological polar surface area (TPSA) is 28.7 Å². The molecule has 16 heavy (non-hydrogen) atoms. The van der Waals surface area contributed by atoms with E-state index in [4.69, 9.17) is 0 Å². The number of nitrogens with one attached hydrogen (secondary N) is 1. The van der Waals surface area contributed by atoms with E-state index in [1.165, 1.54) is 36.0 Å². The first-order valence-corrected chi connectivity index (χ1v) is 5.89. The lowest BCUT2D eigenvalue weighted by atomic mass is 9.97. The lowest BCUT2D eigenvalue weighted by Gasteiger charge is -2.09. The van der Waals surface area contributed by atoms with E-state index in [1.54, 1.807) is 5.56 Å². The highest BCUT2D eigenvalue weighted by Crippen LogP contribution is 2.33. The van der Waals surface area contributed by atoms with Crippen molar-refractivity contribution in [1.29, 1.82) is 0 Å². The molecule has 0 atom stereocenters. The third-order valence-corrected chi connectivity index (χ3v) is 3.51. The smallest absolute Gasteiger partial charge is 0.103 e. The molecule has 0 spiro atoms. The number of fused-ring (bicyclic) bond motifs is 1. The van der Waals surface area contributed by atoms with Crippen LogP contribution in [0.25, 0.3) is 11.3 Å². The van der Waals surface area contributed by atoms with Crippen molar-refractivity contribution in [2.75, 3.05) is 0 Å². The number of imidazole rings is 1. The Labute approximate surface area is 95.7 Å². The average Bonchev–Trinajstić information content (AvgIpc) is 2.87. The van der Waals surface area contributed by atoms with Crippen molar-refractivity contribution >= 4 is 0 Å². The fourth-order valence-corrected chi connectivity index (χ4v) is 2.70. The Hall–Kier alpha value is -1.57. The second-order valence-corrected chi connectivity index (χ2v) is 4.62. The highest BCUT2D eigenvalue weighted by atomic mass is 14.9. The Bertz CT molecular complexity index is 538. The molecule has 2 nitrogen and oxygen atoms in total. The summed E-state index contributed by atoms with van der Waals surface area (Å²) in [5, 5.41) is 0. The molecule has 0 radical (unpaired) electrons. The molecule has 0 amide bonds. The summed E-state index contributed by atoms with van der Waals surface area (Å²) < 4.78 is 0. The van der Waals surface area contributed by atoms with Crippen LogP contribution in [0.1, 0.15) is 28.9 Å². The maximum atomic E-state index is 4.29. The van der Waals surface area contributed by atoms with Crippen molar-refractivity contribution < 1.29 is 0 Å². The maximum Gasteiger partial charge on any atom is 0.103 e. The molecule has 0 unspecified atom stereocenters. The first kappa shape index (κ1) is 9.64. The molecule has 82 valence electrons. The Kier molecular flexibility index (Phi) is 2.10. The monoisotopic (exact) mass is 212 g/mol. The van der Waals surface area contributed by atoms with Crippen molar-refractivity contribution in [3.63, 3.8) is 0 Å². The molecule has 2 heteroatoms. The van der Waals surface area contributed by atoms with Gasteiger partial charge in [-0.15, -0.1) is 0 Å². The summed E-state index contributed by atoms with van der Waals surface area (Å²) in [6.45, 7) is 4.21. The SMILES string of the molecule is Cc1ncc(-c2ccc(C)c3c2CCC3)[nH]1. The van der Waals surface area contributed by atoms with Crippen molar-refractivity contribution in [2.24, 2.45) is 0 Å². The largest absolute Gasteiger partial charge is 0.342 e. The highest BCUT2D eigenvalue weighted by molar-refractivity contribution is 5.67.